The smallest absolute Gasteiger partial charge is 0.371 e. The van der Waals surface area contributed by atoms with Crippen LogP contribution in [0.5, 0.6) is 5.75 Å². The van der Waals surface area contributed by atoms with E-state index in [2.05, 4.69) is 10.6 Å². The monoisotopic (exact) mass is 376 g/mol. The lowest BCUT2D eigenvalue weighted by atomic mass is 10.1. The number of unbranched alkanes of at least 4 members (excludes halogenated alkanes) is 1. The number of anilines is 1. The average molecular weight is 376 g/mol. The van der Waals surface area contributed by atoms with E-state index in [-0.39, 0.29) is 16.8 Å². The first-order valence-electron chi connectivity index (χ1n) is 8.07. The molecule has 0 bridgehead atoms. The summed E-state index contributed by atoms with van der Waals surface area (Å²) in [7, 11) is 1.53. The maximum atomic E-state index is 11.8. The van der Waals surface area contributed by atoms with Gasteiger partial charge in [-0.3, -0.25) is 4.79 Å². The summed E-state index contributed by atoms with van der Waals surface area (Å²) < 4.78 is 10.6. The van der Waals surface area contributed by atoms with Gasteiger partial charge < -0.3 is 24.9 Å². The predicted octanol–water partition coefficient (Wildman–Crippen LogP) is 3.66. The zero-order valence-electron chi connectivity index (χ0n) is 14.5. The van der Waals surface area contributed by atoms with Crippen molar-refractivity contribution in [2.24, 2.45) is 0 Å². The molecule has 0 unspecified atom stereocenters. The number of methoxy groups -OCH3 is 1. The SMILES string of the molecule is CCCCC(=O)NC(=S)Nc1cc(OC)ccc1-c1ccc(C(=O)O)o1. The van der Waals surface area contributed by atoms with Crippen LogP contribution in [0, 0.1) is 0 Å². The zero-order valence-corrected chi connectivity index (χ0v) is 15.3. The molecule has 0 fully saturated rings. The Morgan fingerprint density at radius 2 is 2.04 bits per heavy atom. The number of hydrogen-bond acceptors (Lipinski definition) is 5. The Labute approximate surface area is 156 Å². The van der Waals surface area contributed by atoms with E-state index in [9.17, 15) is 9.59 Å². The fourth-order valence-electron chi connectivity index (χ4n) is 2.25. The van der Waals surface area contributed by atoms with Gasteiger partial charge in [0, 0.05) is 18.1 Å². The van der Waals surface area contributed by atoms with Crippen molar-refractivity contribution in [3.05, 3.63) is 36.1 Å². The number of ether oxygens (including phenoxy) is 1. The maximum Gasteiger partial charge on any atom is 0.371 e. The van der Waals surface area contributed by atoms with Crippen LogP contribution in [0.2, 0.25) is 0 Å². The zero-order chi connectivity index (χ0) is 19.1. The number of nitrogens with one attached hydrogen (secondary N) is 2. The maximum absolute atomic E-state index is 11.8. The van der Waals surface area contributed by atoms with Gasteiger partial charge in [0.2, 0.25) is 11.7 Å². The van der Waals surface area contributed by atoms with Crippen LogP contribution in [0.25, 0.3) is 11.3 Å². The molecule has 1 heterocycles. The van der Waals surface area contributed by atoms with Crippen molar-refractivity contribution < 1.29 is 23.8 Å². The molecular formula is C18H20N2O5S. The number of carbonyl (C=O) groups excluding carboxylic acids is 1. The number of carboxylic acids is 1. The first kappa shape index (κ1) is 19.5. The van der Waals surface area contributed by atoms with Gasteiger partial charge in [-0.2, -0.15) is 0 Å². The van der Waals surface area contributed by atoms with Gasteiger partial charge in [-0.05, 0) is 42.9 Å². The van der Waals surface area contributed by atoms with E-state index >= 15 is 0 Å². The molecule has 0 aliphatic carbocycles. The van der Waals surface area contributed by atoms with Gasteiger partial charge in [-0.1, -0.05) is 13.3 Å². The van der Waals surface area contributed by atoms with Crippen LogP contribution in [0.1, 0.15) is 36.7 Å². The summed E-state index contributed by atoms with van der Waals surface area (Å²) in [6.07, 6.45) is 2.09. The Balaban J connectivity index is 2.23. The molecule has 8 heteroatoms. The van der Waals surface area contributed by atoms with Gasteiger partial charge in [0.05, 0.1) is 12.8 Å². The van der Waals surface area contributed by atoms with Gasteiger partial charge in [-0.25, -0.2) is 4.79 Å². The number of rotatable bonds is 7. The minimum Gasteiger partial charge on any atom is -0.497 e. The van der Waals surface area contributed by atoms with Gasteiger partial charge >= 0.3 is 5.97 Å². The number of carboxylic acid groups (broad SMARTS) is 1. The standard InChI is InChI=1S/C18H20N2O5S/c1-3-4-5-16(21)20-18(26)19-13-10-11(24-2)6-7-12(13)14-8-9-15(25-14)17(22)23/h6-10H,3-5H2,1-2H3,(H,22,23)(H2,19,20,21,26). The summed E-state index contributed by atoms with van der Waals surface area (Å²) in [5.74, 6) is -0.566. The highest BCUT2D eigenvalue weighted by atomic mass is 32.1. The van der Waals surface area contributed by atoms with Gasteiger partial charge in [-0.15, -0.1) is 0 Å². The second kappa shape index (κ2) is 9.00. The molecule has 1 aromatic heterocycles. The third-order valence-corrected chi connectivity index (χ3v) is 3.77. The van der Waals surface area contributed by atoms with E-state index < -0.39 is 5.97 Å². The molecule has 138 valence electrons. The third kappa shape index (κ3) is 5.06. The summed E-state index contributed by atoms with van der Waals surface area (Å²) in [6.45, 7) is 2.00. The molecule has 0 saturated carbocycles. The minimum absolute atomic E-state index is 0.144. The Kier molecular flexibility index (Phi) is 6.74. The highest BCUT2D eigenvalue weighted by molar-refractivity contribution is 7.80. The van der Waals surface area contributed by atoms with Gasteiger partial charge in [0.1, 0.15) is 11.5 Å². The first-order chi connectivity index (χ1) is 12.4. The van der Waals surface area contributed by atoms with Crippen molar-refractivity contribution in [2.75, 3.05) is 12.4 Å². The molecule has 7 nitrogen and oxygen atoms in total. The topological polar surface area (TPSA) is 101 Å². The van der Waals surface area contributed by atoms with Crippen LogP contribution in [0.4, 0.5) is 5.69 Å². The van der Waals surface area contributed by atoms with Crippen LogP contribution in [-0.2, 0) is 4.79 Å². The second-order valence-corrected chi connectivity index (χ2v) is 5.89. The number of thiocarbonyl (C=S) groups is 1. The van der Waals surface area contributed by atoms with Gasteiger partial charge in [0.25, 0.3) is 0 Å². The molecule has 0 aliphatic rings. The van der Waals surface area contributed by atoms with E-state index in [1.807, 2.05) is 6.92 Å². The number of furan rings is 1. The molecular weight excluding hydrogens is 356 g/mol. The van der Waals surface area contributed by atoms with Crippen LogP contribution < -0.4 is 15.4 Å². The Bertz CT molecular complexity index is 816. The Morgan fingerprint density at radius 1 is 1.27 bits per heavy atom. The fourth-order valence-corrected chi connectivity index (χ4v) is 2.47. The molecule has 0 aliphatic heterocycles. The summed E-state index contributed by atoms with van der Waals surface area (Å²) in [4.78, 5) is 22.8. The lowest BCUT2D eigenvalue weighted by Crippen LogP contribution is -2.34. The fraction of sp³-hybridized carbons (Fsp3) is 0.278. The largest absolute Gasteiger partial charge is 0.497 e. The molecule has 0 atom stereocenters. The lowest BCUT2D eigenvalue weighted by molar-refractivity contribution is -0.119. The number of carbonyl (C=O) groups is 2. The number of hydrogen-bond donors (Lipinski definition) is 3. The van der Waals surface area contributed by atoms with Gasteiger partial charge in [0.15, 0.2) is 5.11 Å². The molecule has 1 aromatic carbocycles. The minimum atomic E-state index is -1.15. The molecule has 3 N–H and O–H groups in total. The van der Waals surface area contributed by atoms with Crippen LogP contribution in [0.15, 0.2) is 34.7 Å². The number of aromatic carboxylic acids is 1. The van der Waals surface area contributed by atoms with Crippen molar-refractivity contribution in [3.63, 3.8) is 0 Å². The average Bonchev–Trinajstić information content (AvgIpc) is 3.09. The van der Waals surface area contributed by atoms with E-state index in [1.54, 1.807) is 24.3 Å². The molecule has 26 heavy (non-hydrogen) atoms. The van der Waals surface area contributed by atoms with Crippen molar-refractivity contribution in [2.45, 2.75) is 26.2 Å². The molecule has 0 saturated heterocycles. The lowest BCUT2D eigenvalue weighted by Gasteiger charge is -2.14. The highest BCUT2D eigenvalue weighted by Crippen LogP contribution is 2.32. The summed E-state index contributed by atoms with van der Waals surface area (Å²) in [6, 6.07) is 8.04. The number of amides is 1. The van der Waals surface area contributed by atoms with E-state index in [0.717, 1.165) is 12.8 Å². The van der Waals surface area contributed by atoms with E-state index in [1.165, 1.54) is 13.2 Å². The first-order valence-corrected chi connectivity index (χ1v) is 8.47. The van der Waals surface area contributed by atoms with E-state index in [4.69, 9.17) is 26.5 Å². The summed E-state index contributed by atoms with van der Waals surface area (Å²) in [5, 5.41) is 14.7. The quantitative estimate of drug-likeness (QED) is 0.634. The number of benzene rings is 1. The molecule has 2 aromatic rings. The molecule has 1 amide bonds. The van der Waals surface area contributed by atoms with Crippen molar-refractivity contribution in [1.29, 1.82) is 0 Å². The normalized spacial score (nSPS) is 10.2. The third-order valence-electron chi connectivity index (χ3n) is 3.57. The Hall–Kier alpha value is -2.87. The van der Waals surface area contributed by atoms with Crippen molar-refractivity contribution in [1.82, 2.24) is 5.32 Å². The molecule has 2 rings (SSSR count). The van der Waals surface area contributed by atoms with Crippen molar-refractivity contribution in [3.8, 4) is 17.1 Å². The highest BCUT2D eigenvalue weighted by Gasteiger charge is 2.15. The molecule has 0 spiro atoms. The van der Waals surface area contributed by atoms with Crippen LogP contribution in [0.3, 0.4) is 0 Å². The van der Waals surface area contributed by atoms with E-state index in [0.29, 0.717) is 29.2 Å². The van der Waals surface area contributed by atoms with Crippen LogP contribution in [-0.4, -0.2) is 29.2 Å². The van der Waals surface area contributed by atoms with Crippen molar-refractivity contribution >= 4 is 34.9 Å². The summed E-state index contributed by atoms with van der Waals surface area (Å²) in [5.41, 5.74) is 1.11. The van der Waals surface area contributed by atoms with Crippen LogP contribution >= 0.6 is 12.2 Å². The Morgan fingerprint density at radius 3 is 2.65 bits per heavy atom. The summed E-state index contributed by atoms with van der Waals surface area (Å²) >= 11 is 5.19. The molecule has 0 radical (unpaired) electrons. The second-order valence-electron chi connectivity index (χ2n) is 5.49. The predicted molar refractivity (Wildman–Crippen MR) is 102 cm³/mol.